The van der Waals surface area contributed by atoms with Crippen LogP contribution in [0.3, 0.4) is 0 Å². The number of aryl methyl sites for hydroxylation is 1. The third-order valence-electron chi connectivity index (χ3n) is 3.73. The molecule has 3 nitrogen and oxygen atoms in total. The maximum atomic E-state index is 4.50. The van der Waals surface area contributed by atoms with Crippen molar-refractivity contribution >= 4 is 11.3 Å². The fraction of sp³-hybridized carbons (Fsp3) is 0.438. The Kier molecular flexibility index (Phi) is 4.45. The molecule has 0 saturated carbocycles. The van der Waals surface area contributed by atoms with Gasteiger partial charge in [-0.05, 0) is 18.9 Å². The Morgan fingerprint density at radius 2 is 2.20 bits per heavy atom. The van der Waals surface area contributed by atoms with Crippen molar-refractivity contribution in [1.82, 2.24) is 15.2 Å². The number of benzene rings is 1. The number of aromatic nitrogens is 1. The van der Waals surface area contributed by atoms with Crippen LogP contribution in [0.5, 0.6) is 0 Å². The van der Waals surface area contributed by atoms with Crippen LogP contribution in [0.1, 0.15) is 22.7 Å². The summed E-state index contributed by atoms with van der Waals surface area (Å²) in [6.45, 7) is 6.34. The molecule has 106 valence electrons. The van der Waals surface area contributed by atoms with Crippen LogP contribution in [0, 0.1) is 6.92 Å². The van der Waals surface area contributed by atoms with E-state index in [1.165, 1.54) is 23.5 Å². The number of likely N-dealkylation sites (tertiary alicyclic amines) is 1. The summed E-state index contributed by atoms with van der Waals surface area (Å²) in [5.41, 5.74) is 2.53. The lowest BCUT2D eigenvalue weighted by atomic mass is 10.2. The van der Waals surface area contributed by atoms with Crippen molar-refractivity contribution < 1.29 is 0 Å². The molecular weight excluding hydrogens is 266 g/mol. The van der Waals surface area contributed by atoms with Gasteiger partial charge >= 0.3 is 0 Å². The number of thiazole rings is 1. The highest BCUT2D eigenvalue weighted by Crippen LogP contribution is 2.15. The van der Waals surface area contributed by atoms with Crippen molar-refractivity contribution in [3.8, 4) is 0 Å². The molecule has 0 spiro atoms. The van der Waals surface area contributed by atoms with Crippen LogP contribution >= 0.6 is 11.3 Å². The highest BCUT2D eigenvalue weighted by molar-refractivity contribution is 7.09. The van der Waals surface area contributed by atoms with Gasteiger partial charge in [0.15, 0.2) is 0 Å². The molecular formula is C16H21N3S. The fourth-order valence-electron chi connectivity index (χ4n) is 2.70. The number of rotatable bonds is 5. The lowest BCUT2D eigenvalue weighted by molar-refractivity contribution is 0.320. The maximum absolute atomic E-state index is 4.50. The summed E-state index contributed by atoms with van der Waals surface area (Å²) in [4.78, 5) is 7.03. The number of hydrogen-bond acceptors (Lipinski definition) is 4. The third kappa shape index (κ3) is 3.66. The fourth-order valence-corrected chi connectivity index (χ4v) is 3.42. The minimum absolute atomic E-state index is 0.600. The zero-order valence-corrected chi connectivity index (χ0v) is 12.7. The second kappa shape index (κ2) is 6.48. The van der Waals surface area contributed by atoms with Crippen LogP contribution in [0.25, 0.3) is 0 Å². The summed E-state index contributed by atoms with van der Waals surface area (Å²) in [5, 5.41) is 6.95. The van der Waals surface area contributed by atoms with Gasteiger partial charge in [-0.2, -0.15) is 0 Å². The summed E-state index contributed by atoms with van der Waals surface area (Å²) in [6, 6.07) is 11.3. The van der Waals surface area contributed by atoms with E-state index >= 15 is 0 Å². The highest BCUT2D eigenvalue weighted by Gasteiger charge is 2.21. The molecule has 3 rings (SSSR count). The quantitative estimate of drug-likeness (QED) is 0.916. The first-order chi connectivity index (χ1) is 9.79. The maximum Gasteiger partial charge on any atom is 0.107 e. The molecule has 2 heterocycles. The molecule has 0 amide bonds. The van der Waals surface area contributed by atoms with Gasteiger partial charge in [-0.25, -0.2) is 4.98 Å². The Morgan fingerprint density at radius 1 is 1.35 bits per heavy atom. The zero-order chi connectivity index (χ0) is 13.8. The van der Waals surface area contributed by atoms with Crippen LogP contribution in [0.4, 0.5) is 0 Å². The molecule has 1 aromatic carbocycles. The molecule has 20 heavy (non-hydrogen) atoms. The van der Waals surface area contributed by atoms with Crippen molar-refractivity contribution in [3.05, 3.63) is 52.0 Å². The summed E-state index contributed by atoms with van der Waals surface area (Å²) >= 11 is 1.75. The van der Waals surface area contributed by atoms with Crippen molar-refractivity contribution in [2.24, 2.45) is 0 Å². The topological polar surface area (TPSA) is 28.2 Å². The van der Waals surface area contributed by atoms with Gasteiger partial charge in [0.25, 0.3) is 0 Å². The van der Waals surface area contributed by atoms with Crippen molar-refractivity contribution in [1.29, 1.82) is 0 Å². The molecule has 0 bridgehead atoms. The van der Waals surface area contributed by atoms with Gasteiger partial charge < -0.3 is 5.32 Å². The van der Waals surface area contributed by atoms with Crippen LogP contribution in [0.15, 0.2) is 35.7 Å². The molecule has 2 aromatic rings. The van der Waals surface area contributed by atoms with E-state index in [2.05, 4.69) is 57.8 Å². The molecule has 1 aliphatic rings. The second-order valence-electron chi connectivity index (χ2n) is 5.47. The SMILES string of the molecule is Cc1csc(CNC2CCN(Cc3ccccc3)C2)n1. The lowest BCUT2D eigenvalue weighted by Crippen LogP contribution is -2.31. The molecule has 1 unspecified atom stereocenters. The first-order valence-electron chi connectivity index (χ1n) is 7.20. The molecule has 1 aliphatic heterocycles. The molecule has 0 aliphatic carbocycles. The van der Waals surface area contributed by atoms with E-state index in [-0.39, 0.29) is 0 Å². The number of hydrogen-bond donors (Lipinski definition) is 1. The Morgan fingerprint density at radius 3 is 2.95 bits per heavy atom. The molecule has 1 aromatic heterocycles. The van der Waals surface area contributed by atoms with Gasteiger partial charge in [-0.3, -0.25) is 4.90 Å². The van der Waals surface area contributed by atoms with Crippen molar-refractivity contribution in [3.63, 3.8) is 0 Å². The minimum atomic E-state index is 0.600. The van der Waals surface area contributed by atoms with Gasteiger partial charge in [0, 0.05) is 43.3 Å². The van der Waals surface area contributed by atoms with Gasteiger partial charge in [0.05, 0.1) is 0 Å². The predicted octanol–water partition coefficient (Wildman–Crippen LogP) is 2.82. The normalized spacial score (nSPS) is 19.6. The van der Waals surface area contributed by atoms with E-state index in [9.17, 15) is 0 Å². The third-order valence-corrected chi connectivity index (χ3v) is 4.70. The van der Waals surface area contributed by atoms with Crippen LogP contribution in [-0.4, -0.2) is 29.0 Å². The van der Waals surface area contributed by atoms with Crippen LogP contribution in [-0.2, 0) is 13.1 Å². The predicted molar refractivity (Wildman–Crippen MR) is 83.8 cm³/mol. The molecule has 1 N–H and O–H groups in total. The molecule has 1 atom stereocenters. The average Bonchev–Trinajstić information content (AvgIpc) is 3.07. The second-order valence-corrected chi connectivity index (χ2v) is 6.41. The van der Waals surface area contributed by atoms with E-state index in [0.717, 1.165) is 25.3 Å². The Labute approximate surface area is 124 Å². The Hall–Kier alpha value is -1.23. The number of nitrogens with zero attached hydrogens (tertiary/aromatic N) is 2. The monoisotopic (exact) mass is 287 g/mol. The number of nitrogens with one attached hydrogen (secondary N) is 1. The largest absolute Gasteiger partial charge is 0.306 e. The standard InChI is InChI=1S/C16H21N3S/c1-13-12-20-16(18-13)9-17-15-7-8-19(11-15)10-14-5-3-2-4-6-14/h2-6,12,15,17H,7-11H2,1H3. The van der Waals surface area contributed by atoms with Gasteiger partial charge in [-0.1, -0.05) is 30.3 Å². The Balaban J connectivity index is 1.45. The van der Waals surface area contributed by atoms with E-state index in [1.54, 1.807) is 11.3 Å². The van der Waals surface area contributed by atoms with Crippen molar-refractivity contribution in [2.45, 2.75) is 32.5 Å². The first-order valence-corrected chi connectivity index (χ1v) is 8.08. The lowest BCUT2D eigenvalue weighted by Gasteiger charge is -2.16. The molecule has 1 saturated heterocycles. The minimum Gasteiger partial charge on any atom is -0.306 e. The van der Waals surface area contributed by atoms with Crippen LogP contribution in [0.2, 0.25) is 0 Å². The average molecular weight is 287 g/mol. The Bertz CT molecular complexity index is 538. The van der Waals surface area contributed by atoms with Crippen LogP contribution < -0.4 is 5.32 Å². The summed E-state index contributed by atoms with van der Waals surface area (Å²) < 4.78 is 0. The molecule has 4 heteroatoms. The van der Waals surface area contributed by atoms with Gasteiger partial charge in [0.1, 0.15) is 5.01 Å². The molecule has 1 fully saturated rings. The van der Waals surface area contributed by atoms with Gasteiger partial charge in [-0.15, -0.1) is 11.3 Å². The van der Waals surface area contributed by atoms with E-state index in [0.29, 0.717) is 6.04 Å². The zero-order valence-electron chi connectivity index (χ0n) is 11.9. The van der Waals surface area contributed by atoms with E-state index in [4.69, 9.17) is 0 Å². The first kappa shape index (κ1) is 13.7. The summed E-state index contributed by atoms with van der Waals surface area (Å²) in [6.07, 6.45) is 1.23. The van der Waals surface area contributed by atoms with E-state index in [1.807, 2.05) is 0 Å². The highest BCUT2D eigenvalue weighted by atomic mass is 32.1. The van der Waals surface area contributed by atoms with E-state index < -0.39 is 0 Å². The van der Waals surface area contributed by atoms with Crippen molar-refractivity contribution in [2.75, 3.05) is 13.1 Å². The summed E-state index contributed by atoms with van der Waals surface area (Å²) in [7, 11) is 0. The molecule has 0 radical (unpaired) electrons. The summed E-state index contributed by atoms with van der Waals surface area (Å²) in [5.74, 6) is 0. The van der Waals surface area contributed by atoms with Gasteiger partial charge in [0.2, 0.25) is 0 Å². The smallest absolute Gasteiger partial charge is 0.107 e.